The van der Waals surface area contributed by atoms with Crippen LogP contribution in [-0.2, 0) is 4.79 Å². The van der Waals surface area contributed by atoms with Crippen LogP contribution in [0.4, 0.5) is 11.4 Å². The quantitative estimate of drug-likeness (QED) is 0.633. The Kier molecular flexibility index (Phi) is 3.07. The van der Waals surface area contributed by atoms with Crippen LogP contribution in [0.3, 0.4) is 0 Å². The maximum atomic E-state index is 12.0. The Morgan fingerprint density at radius 2 is 2.17 bits per heavy atom. The van der Waals surface area contributed by atoms with Crippen molar-refractivity contribution in [2.24, 2.45) is 16.8 Å². The summed E-state index contributed by atoms with van der Waals surface area (Å²) in [7, 11) is 0. The lowest BCUT2D eigenvalue weighted by molar-refractivity contribution is -0.384. The SMILES string of the molecule is CC1=NN(c2ccccc2[N+](=O)[O-])C(=O)C1CN. The molecule has 2 rings (SSSR count). The number of hydrogen-bond acceptors (Lipinski definition) is 5. The molecule has 0 saturated heterocycles. The molecule has 7 heteroatoms. The van der Waals surface area contributed by atoms with Crippen LogP contribution in [0.25, 0.3) is 0 Å². The highest BCUT2D eigenvalue weighted by molar-refractivity contribution is 6.15. The van der Waals surface area contributed by atoms with Gasteiger partial charge in [-0.3, -0.25) is 14.9 Å². The minimum absolute atomic E-state index is 0.144. The van der Waals surface area contributed by atoms with Crippen molar-refractivity contribution < 1.29 is 9.72 Å². The first-order valence-electron chi connectivity index (χ1n) is 5.38. The molecule has 0 aromatic heterocycles. The van der Waals surface area contributed by atoms with Crippen LogP contribution in [0.1, 0.15) is 6.92 Å². The Morgan fingerprint density at radius 1 is 1.50 bits per heavy atom. The summed E-state index contributed by atoms with van der Waals surface area (Å²) in [5.41, 5.74) is 6.08. The minimum atomic E-state index is -0.538. The molecule has 1 unspecified atom stereocenters. The molecule has 0 fully saturated rings. The number of nitrogens with two attached hydrogens (primary N) is 1. The van der Waals surface area contributed by atoms with E-state index in [4.69, 9.17) is 5.73 Å². The van der Waals surface area contributed by atoms with E-state index in [0.29, 0.717) is 5.71 Å². The summed E-state index contributed by atoms with van der Waals surface area (Å²) in [4.78, 5) is 22.4. The van der Waals surface area contributed by atoms with Gasteiger partial charge in [0.2, 0.25) is 0 Å². The summed E-state index contributed by atoms with van der Waals surface area (Å²) in [6.07, 6.45) is 0. The number of carbonyl (C=O) groups is 1. The summed E-state index contributed by atoms with van der Waals surface area (Å²) < 4.78 is 0. The van der Waals surface area contributed by atoms with E-state index in [2.05, 4.69) is 5.10 Å². The number of amides is 1. The zero-order valence-electron chi connectivity index (χ0n) is 9.74. The van der Waals surface area contributed by atoms with Gasteiger partial charge in [-0.2, -0.15) is 10.1 Å². The zero-order chi connectivity index (χ0) is 13.3. The Balaban J connectivity index is 2.46. The third-order valence-corrected chi connectivity index (χ3v) is 2.81. The Bertz CT molecular complexity index is 541. The van der Waals surface area contributed by atoms with Gasteiger partial charge in [-0.05, 0) is 13.0 Å². The van der Waals surface area contributed by atoms with Gasteiger partial charge in [0.1, 0.15) is 5.69 Å². The van der Waals surface area contributed by atoms with Crippen molar-refractivity contribution in [3.63, 3.8) is 0 Å². The summed E-state index contributed by atoms with van der Waals surface area (Å²) in [6, 6.07) is 5.99. The number of hydrogen-bond donors (Lipinski definition) is 1. The van der Waals surface area contributed by atoms with E-state index in [1.54, 1.807) is 19.1 Å². The predicted molar refractivity (Wildman–Crippen MR) is 66.2 cm³/mol. The average Bonchev–Trinajstić information content (AvgIpc) is 2.64. The number of para-hydroxylation sites is 2. The monoisotopic (exact) mass is 248 g/mol. The Hall–Kier alpha value is -2.28. The van der Waals surface area contributed by atoms with Gasteiger partial charge in [0.25, 0.3) is 11.6 Å². The second-order valence-electron chi connectivity index (χ2n) is 3.93. The second kappa shape index (κ2) is 4.53. The van der Waals surface area contributed by atoms with Gasteiger partial charge in [-0.15, -0.1) is 0 Å². The summed E-state index contributed by atoms with van der Waals surface area (Å²) in [6.45, 7) is 1.83. The first-order chi connectivity index (χ1) is 8.56. The van der Waals surface area contributed by atoms with E-state index >= 15 is 0 Å². The molecular formula is C11H12N4O3. The van der Waals surface area contributed by atoms with Crippen molar-refractivity contribution in [3.05, 3.63) is 34.4 Å². The average molecular weight is 248 g/mol. The molecule has 1 aliphatic heterocycles. The van der Waals surface area contributed by atoms with E-state index < -0.39 is 10.8 Å². The van der Waals surface area contributed by atoms with E-state index in [1.807, 2.05) is 0 Å². The molecule has 18 heavy (non-hydrogen) atoms. The minimum Gasteiger partial charge on any atom is -0.329 e. The molecule has 0 saturated carbocycles. The lowest BCUT2D eigenvalue weighted by Crippen LogP contribution is -2.32. The lowest BCUT2D eigenvalue weighted by Gasteiger charge is -2.13. The van der Waals surface area contributed by atoms with Crippen LogP contribution < -0.4 is 10.7 Å². The van der Waals surface area contributed by atoms with Gasteiger partial charge >= 0.3 is 0 Å². The van der Waals surface area contributed by atoms with Crippen LogP contribution in [-0.4, -0.2) is 23.1 Å². The first-order valence-corrected chi connectivity index (χ1v) is 5.38. The Labute approximate surface area is 103 Å². The number of carbonyl (C=O) groups excluding carboxylic acids is 1. The number of nitro groups is 1. The highest BCUT2D eigenvalue weighted by Crippen LogP contribution is 2.31. The molecule has 7 nitrogen and oxygen atoms in total. The van der Waals surface area contributed by atoms with Crippen LogP contribution in [0.15, 0.2) is 29.4 Å². The molecule has 1 aromatic rings. The molecule has 0 bridgehead atoms. The van der Waals surface area contributed by atoms with Crippen molar-refractivity contribution in [2.75, 3.05) is 11.6 Å². The standard InChI is InChI=1S/C11H12N4O3/c1-7-8(6-12)11(16)14(13-7)9-4-2-3-5-10(9)15(17)18/h2-5,8H,6,12H2,1H3. The van der Waals surface area contributed by atoms with Gasteiger partial charge < -0.3 is 5.73 Å². The van der Waals surface area contributed by atoms with Crippen molar-refractivity contribution >= 4 is 23.0 Å². The number of anilines is 1. The molecule has 1 aliphatic rings. The number of nitrogens with zero attached hydrogens (tertiary/aromatic N) is 3. The maximum absolute atomic E-state index is 12.0. The topological polar surface area (TPSA) is 102 Å². The summed E-state index contributed by atoms with van der Waals surface area (Å²) in [5, 5.41) is 16.0. The maximum Gasteiger partial charge on any atom is 0.295 e. The van der Waals surface area contributed by atoms with Crippen LogP contribution in [0, 0.1) is 16.0 Å². The van der Waals surface area contributed by atoms with Gasteiger partial charge in [-0.1, -0.05) is 12.1 Å². The largest absolute Gasteiger partial charge is 0.329 e. The molecule has 1 aromatic carbocycles. The number of benzene rings is 1. The molecule has 1 atom stereocenters. The summed E-state index contributed by atoms with van der Waals surface area (Å²) >= 11 is 0. The molecule has 1 amide bonds. The summed E-state index contributed by atoms with van der Waals surface area (Å²) in [5.74, 6) is -0.825. The van der Waals surface area contributed by atoms with E-state index in [1.165, 1.54) is 12.1 Å². The zero-order valence-corrected chi connectivity index (χ0v) is 9.74. The van der Waals surface area contributed by atoms with E-state index in [0.717, 1.165) is 5.01 Å². The first kappa shape index (κ1) is 12.2. The van der Waals surface area contributed by atoms with Crippen molar-refractivity contribution in [1.29, 1.82) is 0 Å². The molecular weight excluding hydrogens is 236 g/mol. The fourth-order valence-corrected chi connectivity index (χ4v) is 1.84. The molecule has 0 radical (unpaired) electrons. The molecule has 94 valence electrons. The lowest BCUT2D eigenvalue weighted by atomic mass is 10.1. The van der Waals surface area contributed by atoms with Gasteiger partial charge in [-0.25, -0.2) is 0 Å². The highest BCUT2D eigenvalue weighted by atomic mass is 16.6. The highest BCUT2D eigenvalue weighted by Gasteiger charge is 2.36. The van der Waals surface area contributed by atoms with Crippen LogP contribution in [0.2, 0.25) is 0 Å². The van der Waals surface area contributed by atoms with Crippen molar-refractivity contribution in [2.45, 2.75) is 6.92 Å². The van der Waals surface area contributed by atoms with E-state index in [-0.39, 0.29) is 23.8 Å². The third-order valence-electron chi connectivity index (χ3n) is 2.81. The predicted octanol–water partition coefficient (Wildman–Crippen LogP) is 0.892. The van der Waals surface area contributed by atoms with Crippen LogP contribution in [0.5, 0.6) is 0 Å². The second-order valence-corrected chi connectivity index (χ2v) is 3.93. The molecule has 0 aliphatic carbocycles. The van der Waals surface area contributed by atoms with Gasteiger partial charge in [0, 0.05) is 18.3 Å². The van der Waals surface area contributed by atoms with Crippen LogP contribution >= 0.6 is 0 Å². The fraction of sp³-hybridized carbons (Fsp3) is 0.273. The normalized spacial score (nSPS) is 19.0. The fourth-order valence-electron chi connectivity index (χ4n) is 1.84. The number of hydrazone groups is 1. The molecule has 0 spiro atoms. The molecule has 1 heterocycles. The van der Waals surface area contributed by atoms with Gasteiger partial charge in [0.05, 0.1) is 10.8 Å². The number of nitro benzene ring substituents is 1. The third kappa shape index (κ3) is 1.84. The molecule has 2 N–H and O–H groups in total. The van der Waals surface area contributed by atoms with Crippen molar-refractivity contribution in [1.82, 2.24) is 0 Å². The number of rotatable bonds is 3. The van der Waals surface area contributed by atoms with Gasteiger partial charge in [0.15, 0.2) is 0 Å². The van der Waals surface area contributed by atoms with Crippen molar-refractivity contribution in [3.8, 4) is 0 Å². The smallest absolute Gasteiger partial charge is 0.295 e. The Morgan fingerprint density at radius 3 is 2.72 bits per heavy atom. The van der Waals surface area contributed by atoms with E-state index in [9.17, 15) is 14.9 Å².